The first kappa shape index (κ1) is 12.7. The molecule has 78 valence electrons. The summed E-state index contributed by atoms with van der Waals surface area (Å²) in [6.45, 7) is 6.07. The lowest BCUT2D eigenvalue weighted by molar-refractivity contribution is 1.02. The maximum absolute atomic E-state index is 5.78. The molecular formula is C12H20N2. The third-order valence-corrected chi connectivity index (χ3v) is 2.00. The number of anilines is 1. The SMILES string of the molecule is C=C(CC)Cc1ccccc1N.CN. The maximum Gasteiger partial charge on any atom is 0.0349 e. The van der Waals surface area contributed by atoms with Crippen LogP contribution < -0.4 is 11.5 Å². The van der Waals surface area contributed by atoms with Gasteiger partial charge >= 0.3 is 0 Å². The zero-order valence-corrected chi connectivity index (χ0v) is 9.09. The Hall–Kier alpha value is -1.28. The minimum absolute atomic E-state index is 0.868. The molecule has 0 amide bonds. The van der Waals surface area contributed by atoms with Crippen molar-refractivity contribution in [2.75, 3.05) is 12.8 Å². The van der Waals surface area contributed by atoms with Crippen LogP contribution in [0.2, 0.25) is 0 Å². The van der Waals surface area contributed by atoms with Crippen molar-refractivity contribution in [3.05, 3.63) is 42.0 Å². The Morgan fingerprint density at radius 3 is 2.36 bits per heavy atom. The second-order valence-corrected chi connectivity index (χ2v) is 2.98. The molecule has 14 heavy (non-hydrogen) atoms. The smallest absolute Gasteiger partial charge is 0.0349 e. The molecule has 0 aliphatic heterocycles. The van der Waals surface area contributed by atoms with Crippen LogP contribution in [0.5, 0.6) is 0 Å². The van der Waals surface area contributed by atoms with Crippen LogP contribution in [0.3, 0.4) is 0 Å². The Labute approximate surface area is 86.6 Å². The molecule has 2 nitrogen and oxygen atoms in total. The fourth-order valence-electron chi connectivity index (χ4n) is 1.09. The van der Waals surface area contributed by atoms with E-state index in [1.165, 1.54) is 18.2 Å². The highest BCUT2D eigenvalue weighted by atomic mass is 14.6. The van der Waals surface area contributed by atoms with E-state index in [1.54, 1.807) is 0 Å². The van der Waals surface area contributed by atoms with Crippen molar-refractivity contribution in [3.8, 4) is 0 Å². The van der Waals surface area contributed by atoms with E-state index in [2.05, 4.69) is 25.3 Å². The summed E-state index contributed by atoms with van der Waals surface area (Å²) in [5.41, 5.74) is 13.6. The van der Waals surface area contributed by atoms with Gasteiger partial charge in [-0.25, -0.2) is 0 Å². The van der Waals surface area contributed by atoms with Gasteiger partial charge in [0, 0.05) is 5.69 Å². The Morgan fingerprint density at radius 2 is 1.86 bits per heavy atom. The van der Waals surface area contributed by atoms with Crippen molar-refractivity contribution in [2.24, 2.45) is 5.73 Å². The molecule has 0 aliphatic carbocycles. The van der Waals surface area contributed by atoms with E-state index in [4.69, 9.17) is 5.73 Å². The number of rotatable bonds is 3. The van der Waals surface area contributed by atoms with Crippen molar-refractivity contribution in [1.29, 1.82) is 0 Å². The number of hydrogen-bond donors (Lipinski definition) is 2. The quantitative estimate of drug-likeness (QED) is 0.570. The molecule has 0 aliphatic rings. The van der Waals surface area contributed by atoms with Crippen LogP contribution in [-0.4, -0.2) is 7.05 Å². The van der Waals surface area contributed by atoms with Crippen LogP contribution in [0.1, 0.15) is 18.9 Å². The minimum Gasteiger partial charge on any atom is -0.398 e. The fraction of sp³-hybridized carbons (Fsp3) is 0.333. The predicted molar refractivity (Wildman–Crippen MR) is 64.1 cm³/mol. The molecule has 0 bridgehead atoms. The maximum atomic E-state index is 5.78. The van der Waals surface area contributed by atoms with Gasteiger partial charge in [-0.1, -0.05) is 37.3 Å². The van der Waals surface area contributed by atoms with Crippen LogP contribution in [-0.2, 0) is 6.42 Å². The summed E-state index contributed by atoms with van der Waals surface area (Å²) in [6, 6.07) is 7.94. The van der Waals surface area contributed by atoms with Crippen LogP contribution in [0.15, 0.2) is 36.4 Å². The van der Waals surface area contributed by atoms with E-state index in [-0.39, 0.29) is 0 Å². The largest absolute Gasteiger partial charge is 0.398 e. The van der Waals surface area contributed by atoms with E-state index in [9.17, 15) is 0 Å². The molecule has 0 saturated heterocycles. The molecule has 0 saturated carbocycles. The highest BCUT2D eigenvalue weighted by molar-refractivity contribution is 5.47. The van der Waals surface area contributed by atoms with Crippen molar-refractivity contribution < 1.29 is 0 Å². The normalized spacial score (nSPS) is 8.79. The zero-order chi connectivity index (χ0) is 11.0. The van der Waals surface area contributed by atoms with Crippen molar-refractivity contribution in [1.82, 2.24) is 0 Å². The number of nitrogens with two attached hydrogens (primary N) is 2. The monoisotopic (exact) mass is 192 g/mol. The average molecular weight is 192 g/mol. The van der Waals surface area contributed by atoms with Crippen LogP contribution in [0.25, 0.3) is 0 Å². The van der Waals surface area contributed by atoms with Crippen LogP contribution >= 0.6 is 0 Å². The first-order chi connectivity index (χ1) is 6.74. The predicted octanol–water partition coefficient (Wildman–Crippen LogP) is 2.35. The Kier molecular flexibility index (Phi) is 6.50. The summed E-state index contributed by atoms with van der Waals surface area (Å²) in [7, 11) is 1.50. The molecule has 4 N–H and O–H groups in total. The molecule has 0 spiro atoms. The van der Waals surface area contributed by atoms with Gasteiger partial charge in [0.25, 0.3) is 0 Å². The van der Waals surface area contributed by atoms with Gasteiger partial charge in [-0.3, -0.25) is 0 Å². The molecule has 1 aromatic rings. The Bertz CT molecular complexity index is 279. The molecule has 0 fully saturated rings. The topological polar surface area (TPSA) is 52.0 Å². The minimum atomic E-state index is 0.868. The second-order valence-electron chi connectivity index (χ2n) is 2.98. The Balaban J connectivity index is 0.000000791. The number of allylic oxidation sites excluding steroid dienone is 1. The van der Waals surface area contributed by atoms with Gasteiger partial charge in [-0.15, -0.1) is 0 Å². The third kappa shape index (κ3) is 4.10. The van der Waals surface area contributed by atoms with Gasteiger partial charge in [0.05, 0.1) is 0 Å². The molecule has 1 rings (SSSR count). The van der Waals surface area contributed by atoms with Crippen molar-refractivity contribution in [2.45, 2.75) is 19.8 Å². The number of hydrogen-bond acceptors (Lipinski definition) is 2. The Morgan fingerprint density at radius 1 is 1.29 bits per heavy atom. The average Bonchev–Trinajstić information content (AvgIpc) is 2.24. The standard InChI is InChI=1S/C11H15N.CH5N/c1-3-9(2)8-10-6-4-5-7-11(10)12;1-2/h4-7H,2-3,8,12H2,1H3;2H2,1H3. The summed E-state index contributed by atoms with van der Waals surface area (Å²) < 4.78 is 0. The lowest BCUT2D eigenvalue weighted by Crippen LogP contribution is -1.94. The first-order valence-electron chi connectivity index (χ1n) is 4.81. The van der Waals surface area contributed by atoms with Gasteiger partial charge in [0.15, 0.2) is 0 Å². The molecule has 1 aromatic carbocycles. The molecule has 0 aromatic heterocycles. The van der Waals surface area contributed by atoms with Crippen molar-refractivity contribution in [3.63, 3.8) is 0 Å². The molecule has 0 radical (unpaired) electrons. The summed E-state index contributed by atoms with van der Waals surface area (Å²) in [5.74, 6) is 0. The van der Waals surface area contributed by atoms with E-state index in [0.717, 1.165) is 18.5 Å². The van der Waals surface area contributed by atoms with Crippen LogP contribution in [0, 0.1) is 0 Å². The summed E-state index contributed by atoms with van der Waals surface area (Å²) in [4.78, 5) is 0. The fourth-order valence-corrected chi connectivity index (χ4v) is 1.09. The molecule has 2 heteroatoms. The number of nitrogen functional groups attached to an aromatic ring is 1. The summed E-state index contributed by atoms with van der Waals surface area (Å²) in [6.07, 6.45) is 1.93. The van der Waals surface area contributed by atoms with Gasteiger partial charge in [-0.2, -0.15) is 0 Å². The van der Waals surface area contributed by atoms with E-state index in [0.29, 0.717) is 0 Å². The number of para-hydroxylation sites is 1. The molecular weight excluding hydrogens is 172 g/mol. The van der Waals surface area contributed by atoms with Crippen molar-refractivity contribution >= 4 is 5.69 Å². The highest BCUT2D eigenvalue weighted by Crippen LogP contribution is 2.15. The zero-order valence-electron chi connectivity index (χ0n) is 9.09. The van der Waals surface area contributed by atoms with E-state index >= 15 is 0 Å². The highest BCUT2D eigenvalue weighted by Gasteiger charge is 1.98. The lowest BCUT2D eigenvalue weighted by Gasteiger charge is -2.05. The first-order valence-corrected chi connectivity index (χ1v) is 4.81. The third-order valence-electron chi connectivity index (χ3n) is 2.00. The van der Waals surface area contributed by atoms with E-state index < -0.39 is 0 Å². The van der Waals surface area contributed by atoms with Gasteiger partial charge in [0.1, 0.15) is 0 Å². The summed E-state index contributed by atoms with van der Waals surface area (Å²) in [5, 5.41) is 0. The summed E-state index contributed by atoms with van der Waals surface area (Å²) >= 11 is 0. The lowest BCUT2D eigenvalue weighted by atomic mass is 10.0. The molecule has 0 unspecified atom stereocenters. The van der Waals surface area contributed by atoms with Gasteiger partial charge in [0.2, 0.25) is 0 Å². The van der Waals surface area contributed by atoms with Gasteiger partial charge in [-0.05, 0) is 31.5 Å². The van der Waals surface area contributed by atoms with Gasteiger partial charge < -0.3 is 11.5 Å². The van der Waals surface area contributed by atoms with Crippen LogP contribution in [0.4, 0.5) is 5.69 Å². The number of benzene rings is 1. The second kappa shape index (κ2) is 7.15. The van der Waals surface area contributed by atoms with E-state index in [1.807, 2.05) is 18.2 Å². The molecule has 0 atom stereocenters. The molecule has 0 heterocycles.